The number of hydrogen-bond acceptors (Lipinski definition) is 3. The topological polar surface area (TPSA) is 64.7 Å². The molecule has 0 aromatic heterocycles. The molecule has 3 amide bonds. The minimum atomic E-state index is -0.0817. The third-order valence-corrected chi connectivity index (χ3v) is 5.67. The average molecular weight is 367 g/mol. The molecular weight excluding hydrogens is 328 g/mol. The number of hydrogen-bond donors (Lipinski definition) is 2. The zero-order valence-electron chi connectivity index (χ0n) is 16.9. The van der Waals surface area contributed by atoms with Gasteiger partial charge >= 0.3 is 6.03 Å². The summed E-state index contributed by atoms with van der Waals surface area (Å²) in [5, 5.41) is 6.31. The molecule has 26 heavy (non-hydrogen) atoms. The van der Waals surface area contributed by atoms with E-state index in [0.29, 0.717) is 12.6 Å². The van der Waals surface area contributed by atoms with E-state index < -0.39 is 0 Å². The third-order valence-electron chi connectivity index (χ3n) is 5.67. The molecule has 1 aliphatic heterocycles. The molecule has 1 aliphatic carbocycles. The predicted molar refractivity (Wildman–Crippen MR) is 105 cm³/mol. The highest BCUT2D eigenvalue weighted by atomic mass is 16.2. The summed E-state index contributed by atoms with van der Waals surface area (Å²) < 4.78 is 0. The molecule has 0 radical (unpaired) electrons. The van der Waals surface area contributed by atoms with Crippen molar-refractivity contribution < 1.29 is 9.59 Å². The fourth-order valence-electron chi connectivity index (χ4n) is 4.20. The second-order valence-corrected chi connectivity index (χ2v) is 8.02. The molecule has 2 fully saturated rings. The monoisotopic (exact) mass is 366 g/mol. The van der Waals surface area contributed by atoms with Gasteiger partial charge in [0, 0.05) is 31.7 Å². The van der Waals surface area contributed by atoms with Gasteiger partial charge in [-0.1, -0.05) is 26.7 Å². The molecule has 2 atom stereocenters. The van der Waals surface area contributed by atoms with Crippen LogP contribution in [0.25, 0.3) is 0 Å². The zero-order valence-corrected chi connectivity index (χ0v) is 16.9. The minimum absolute atomic E-state index is 0.0163. The van der Waals surface area contributed by atoms with Crippen molar-refractivity contribution in [1.29, 1.82) is 0 Å². The van der Waals surface area contributed by atoms with Crippen LogP contribution in [0.3, 0.4) is 0 Å². The van der Waals surface area contributed by atoms with Crippen molar-refractivity contribution in [3.05, 3.63) is 0 Å². The summed E-state index contributed by atoms with van der Waals surface area (Å²) in [6.45, 7) is 10.7. The van der Waals surface area contributed by atoms with E-state index in [1.807, 2.05) is 4.90 Å². The largest absolute Gasteiger partial charge is 0.352 e. The van der Waals surface area contributed by atoms with Crippen molar-refractivity contribution in [2.24, 2.45) is 5.92 Å². The molecule has 6 heteroatoms. The van der Waals surface area contributed by atoms with Crippen LogP contribution < -0.4 is 10.6 Å². The lowest BCUT2D eigenvalue weighted by atomic mass is 9.97. The number of carbonyl (C=O) groups is 2. The van der Waals surface area contributed by atoms with Crippen LogP contribution in [0.2, 0.25) is 0 Å². The lowest BCUT2D eigenvalue weighted by Crippen LogP contribution is -2.52. The number of carbonyl (C=O) groups excluding carboxylic acids is 2. The average Bonchev–Trinajstić information content (AvgIpc) is 3.14. The van der Waals surface area contributed by atoms with E-state index in [1.165, 1.54) is 12.8 Å². The van der Waals surface area contributed by atoms with Gasteiger partial charge in [-0.15, -0.1) is 0 Å². The van der Waals surface area contributed by atoms with Crippen molar-refractivity contribution in [3.8, 4) is 0 Å². The van der Waals surface area contributed by atoms with Crippen LogP contribution in [-0.2, 0) is 4.79 Å². The van der Waals surface area contributed by atoms with Gasteiger partial charge in [0.15, 0.2) is 0 Å². The van der Waals surface area contributed by atoms with Crippen molar-refractivity contribution in [2.45, 2.75) is 77.8 Å². The Kier molecular flexibility index (Phi) is 8.69. The highest BCUT2D eigenvalue weighted by Gasteiger charge is 2.30. The van der Waals surface area contributed by atoms with Gasteiger partial charge < -0.3 is 20.4 Å². The van der Waals surface area contributed by atoms with E-state index in [9.17, 15) is 9.59 Å². The summed E-state index contributed by atoms with van der Waals surface area (Å²) in [5.41, 5.74) is 0. The summed E-state index contributed by atoms with van der Waals surface area (Å²) in [4.78, 5) is 29.3. The molecule has 2 aliphatic rings. The number of likely N-dealkylation sites (tertiary alicyclic amines) is 1. The van der Waals surface area contributed by atoms with Gasteiger partial charge in [-0.3, -0.25) is 4.79 Å². The van der Waals surface area contributed by atoms with E-state index in [-0.39, 0.29) is 23.9 Å². The second-order valence-electron chi connectivity index (χ2n) is 8.02. The summed E-state index contributed by atoms with van der Waals surface area (Å²) in [7, 11) is 0. The minimum Gasteiger partial charge on any atom is -0.352 e. The van der Waals surface area contributed by atoms with Crippen LogP contribution in [0.4, 0.5) is 4.79 Å². The van der Waals surface area contributed by atoms with Gasteiger partial charge in [0.05, 0.1) is 5.92 Å². The maximum atomic E-state index is 12.7. The number of likely N-dealkylation sites (N-methyl/N-ethyl adjacent to an activating group) is 1. The first-order valence-electron chi connectivity index (χ1n) is 10.6. The Labute approximate surface area is 159 Å². The Morgan fingerprint density at radius 2 is 1.88 bits per heavy atom. The van der Waals surface area contributed by atoms with Crippen LogP contribution in [-0.4, -0.2) is 66.5 Å². The number of rotatable bonds is 8. The van der Waals surface area contributed by atoms with Crippen molar-refractivity contribution in [1.82, 2.24) is 20.4 Å². The molecular formula is C20H38N4O2. The SMILES string of the molecule is CCCN(CC)C[C@H](C)NC(=O)[C@@H]1CCCN(C(=O)NC2CCCC2)C1. The predicted octanol–water partition coefficient (Wildman–Crippen LogP) is 2.59. The molecule has 2 N–H and O–H groups in total. The van der Waals surface area contributed by atoms with Crippen LogP contribution >= 0.6 is 0 Å². The van der Waals surface area contributed by atoms with E-state index in [1.54, 1.807) is 0 Å². The highest BCUT2D eigenvalue weighted by molar-refractivity contribution is 5.81. The maximum absolute atomic E-state index is 12.7. The van der Waals surface area contributed by atoms with Crippen LogP contribution in [0.15, 0.2) is 0 Å². The van der Waals surface area contributed by atoms with Crippen molar-refractivity contribution in [2.75, 3.05) is 32.7 Å². The first kappa shape index (κ1) is 21.0. The molecule has 0 spiro atoms. The van der Waals surface area contributed by atoms with E-state index in [2.05, 4.69) is 36.3 Å². The molecule has 1 saturated heterocycles. The van der Waals surface area contributed by atoms with Crippen LogP contribution in [0, 0.1) is 5.92 Å². The number of urea groups is 1. The van der Waals surface area contributed by atoms with Crippen molar-refractivity contribution >= 4 is 11.9 Å². The Morgan fingerprint density at radius 3 is 2.54 bits per heavy atom. The Hall–Kier alpha value is -1.30. The van der Waals surface area contributed by atoms with Crippen molar-refractivity contribution in [3.63, 3.8) is 0 Å². The molecule has 0 unspecified atom stereocenters. The fourth-order valence-corrected chi connectivity index (χ4v) is 4.20. The molecule has 1 saturated carbocycles. The number of piperidine rings is 1. The quantitative estimate of drug-likeness (QED) is 0.694. The summed E-state index contributed by atoms with van der Waals surface area (Å²) >= 11 is 0. The van der Waals surface area contributed by atoms with E-state index >= 15 is 0 Å². The first-order valence-corrected chi connectivity index (χ1v) is 10.6. The van der Waals surface area contributed by atoms with Gasteiger partial charge in [0.1, 0.15) is 0 Å². The standard InChI is InChI=1S/C20H38N4O2/c1-4-12-23(5-2)14-16(3)21-19(25)17-9-8-13-24(15-17)20(26)22-18-10-6-7-11-18/h16-18H,4-15H2,1-3H3,(H,21,25)(H,22,26)/t16-,17+/m0/s1. The summed E-state index contributed by atoms with van der Waals surface area (Å²) in [6, 6.07) is 0.481. The second kappa shape index (κ2) is 10.8. The number of nitrogens with one attached hydrogen (secondary N) is 2. The van der Waals surface area contributed by atoms with Crippen LogP contribution in [0.1, 0.15) is 65.7 Å². The summed E-state index contributed by atoms with van der Waals surface area (Å²) in [5.74, 6) is 0.0187. The molecule has 150 valence electrons. The zero-order chi connectivity index (χ0) is 18.9. The maximum Gasteiger partial charge on any atom is 0.317 e. The van der Waals surface area contributed by atoms with Gasteiger partial charge in [-0.25, -0.2) is 4.79 Å². The third kappa shape index (κ3) is 6.45. The summed E-state index contributed by atoms with van der Waals surface area (Å²) in [6.07, 6.45) is 7.50. The highest BCUT2D eigenvalue weighted by Crippen LogP contribution is 2.20. The number of nitrogens with zero attached hydrogens (tertiary/aromatic N) is 2. The van der Waals surface area contributed by atoms with E-state index in [0.717, 1.165) is 58.3 Å². The molecule has 2 rings (SSSR count). The first-order chi connectivity index (χ1) is 12.5. The molecule has 1 heterocycles. The Bertz CT molecular complexity index is 451. The van der Waals surface area contributed by atoms with Gasteiger partial charge in [0.25, 0.3) is 0 Å². The van der Waals surface area contributed by atoms with E-state index in [4.69, 9.17) is 0 Å². The van der Waals surface area contributed by atoms with Crippen LogP contribution in [0.5, 0.6) is 0 Å². The Morgan fingerprint density at radius 1 is 1.15 bits per heavy atom. The smallest absolute Gasteiger partial charge is 0.317 e. The lowest BCUT2D eigenvalue weighted by Gasteiger charge is -2.34. The molecule has 6 nitrogen and oxygen atoms in total. The fraction of sp³-hybridized carbons (Fsp3) is 0.900. The molecule has 0 bridgehead atoms. The van der Waals surface area contributed by atoms with Gasteiger partial charge in [-0.05, 0) is 52.1 Å². The number of amides is 3. The molecule has 0 aromatic rings. The normalized spacial score (nSPS) is 22.5. The van der Waals surface area contributed by atoms with Gasteiger partial charge in [-0.2, -0.15) is 0 Å². The van der Waals surface area contributed by atoms with Gasteiger partial charge in [0.2, 0.25) is 5.91 Å². The molecule has 0 aromatic carbocycles. The Balaban J connectivity index is 1.78. The lowest BCUT2D eigenvalue weighted by molar-refractivity contribution is -0.127.